The molecule has 0 saturated carbocycles. The zero-order valence-electron chi connectivity index (χ0n) is 30.2. The molecule has 0 bridgehead atoms. The fourth-order valence-corrected chi connectivity index (χ4v) is 7.94. The van der Waals surface area contributed by atoms with Crippen LogP contribution in [0.3, 0.4) is 0 Å². The maximum absolute atomic E-state index is 7.01. The molecule has 0 N–H and O–H groups in total. The highest BCUT2D eigenvalue weighted by Gasteiger charge is 2.21. The molecule has 5 nitrogen and oxygen atoms in total. The van der Waals surface area contributed by atoms with E-state index in [9.17, 15) is 0 Å². The quantitative estimate of drug-likeness (QED) is 0.172. The maximum Gasteiger partial charge on any atom is 0.164 e. The third kappa shape index (κ3) is 5.37. The van der Waals surface area contributed by atoms with Gasteiger partial charge in [0.25, 0.3) is 0 Å². The lowest BCUT2D eigenvalue weighted by Crippen LogP contribution is -2.00. The van der Waals surface area contributed by atoms with E-state index >= 15 is 0 Å². The minimum atomic E-state index is 0.584. The lowest BCUT2D eigenvalue weighted by molar-refractivity contribution is 0.666. The second-order valence-corrected chi connectivity index (χ2v) is 14.0. The Bertz CT molecular complexity index is 3170. The molecule has 5 heteroatoms. The second kappa shape index (κ2) is 13.0. The van der Waals surface area contributed by atoms with E-state index in [0.29, 0.717) is 17.5 Å². The van der Waals surface area contributed by atoms with Crippen molar-refractivity contribution in [3.05, 3.63) is 194 Å². The third-order valence-corrected chi connectivity index (χ3v) is 10.6. The standard InChI is InChI=1S/C51H32N4O/c1-5-15-33(16-6-1)37-25-27-41-40-23-13-14-24-44(40)55(45(41)30-37)46-31-39(34-17-7-2-8-18-34)29-43-42-28-26-38(32-47(42)56-48(43)46)51-53-49(35-19-9-3-10-20-35)52-50(54-51)36-21-11-4-12-22-36/h1-32H. The van der Waals surface area contributed by atoms with Gasteiger partial charge < -0.3 is 8.98 Å². The number of nitrogens with zero attached hydrogens (tertiary/aromatic N) is 4. The Morgan fingerprint density at radius 3 is 1.46 bits per heavy atom. The van der Waals surface area contributed by atoms with Gasteiger partial charge in [0.05, 0.1) is 16.7 Å². The molecule has 11 aromatic rings. The highest BCUT2D eigenvalue weighted by Crippen LogP contribution is 2.42. The van der Waals surface area contributed by atoms with E-state index in [2.05, 4.69) is 138 Å². The normalized spacial score (nSPS) is 11.6. The van der Waals surface area contributed by atoms with Gasteiger partial charge >= 0.3 is 0 Å². The third-order valence-electron chi connectivity index (χ3n) is 10.6. The van der Waals surface area contributed by atoms with Gasteiger partial charge in [-0.1, -0.05) is 158 Å². The number of para-hydroxylation sites is 1. The smallest absolute Gasteiger partial charge is 0.164 e. The molecule has 0 radical (unpaired) electrons. The highest BCUT2D eigenvalue weighted by molar-refractivity contribution is 6.14. The molecular weight excluding hydrogens is 685 g/mol. The van der Waals surface area contributed by atoms with Crippen LogP contribution in [-0.4, -0.2) is 19.5 Å². The van der Waals surface area contributed by atoms with Crippen LogP contribution in [0.25, 0.3) is 106 Å². The monoisotopic (exact) mass is 716 g/mol. The van der Waals surface area contributed by atoms with Gasteiger partial charge in [-0.25, -0.2) is 15.0 Å². The molecule has 0 unspecified atom stereocenters. The molecule has 0 aliphatic heterocycles. The summed E-state index contributed by atoms with van der Waals surface area (Å²) in [5.41, 5.74) is 12.1. The van der Waals surface area contributed by atoms with Crippen molar-refractivity contribution in [3.8, 4) is 62.1 Å². The number of aromatic nitrogens is 4. The van der Waals surface area contributed by atoms with Gasteiger partial charge in [0, 0.05) is 38.2 Å². The van der Waals surface area contributed by atoms with Gasteiger partial charge in [-0.05, 0) is 58.7 Å². The maximum atomic E-state index is 7.01. The lowest BCUT2D eigenvalue weighted by Gasteiger charge is -2.12. The summed E-state index contributed by atoms with van der Waals surface area (Å²) in [6.45, 7) is 0. The van der Waals surface area contributed by atoms with Crippen LogP contribution in [0.15, 0.2) is 199 Å². The first-order chi connectivity index (χ1) is 27.7. The van der Waals surface area contributed by atoms with Crippen LogP contribution in [0.2, 0.25) is 0 Å². The summed E-state index contributed by atoms with van der Waals surface area (Å²) in [6, 6.07) is 67.5. The molecule has 0 saturated heterocycles. The second-order valence-electron chi connectivity index (χ2n) is 14.0. The minimum absolute atomic E-state index is 0.584. The van der Waals surface area contributed by atoms with Crippen LogP contribution < -0.4 is 0 Å². The Morgan fingerprint density at radius 2 is 0.821 bits per heavy atom. The van der Waals surface area contributed by atoms with Crippen molar-refractivity contribution in [1.82, 2.24) is 19.5 Å². The van der Waals surface area contributed by atoms with E-state index < -0.39 is 0 Å². The SMILES string of the molecule is c1ccc(-c2cc(-n3c4ccccc4c4ccc(-c5ccccc5)cc43)c3oc4cc(-c5nc(-c6ccccc6)nc(-c6ccccc6)n5)ccc4c3c2)cc1. The molecule has 11 rings (SSSR count). The van der Waals surface area contributed by atoms with Crippen LogP contribution in [0.5, 0.6) is 0 Å². The van der Waals surface area contributed by atoms with E-state index in [-0.39, 0.29) is 0 Å². The molecule has 0 spiro atoms. The lowest BCUT2D eigenvalue weighted by atomic mass is 10.0. The molecule has 0 aliphatic rings. The van der Waals surface area contributed by atoms with E-state index in [0.717, 1.165) is 72.0 Å². The molecule has 262 valence electrons. The van der Waals surface area contributed by atoms with Crippen LogP contribution in [0.4, 0.5) is 0 Å². The number of benzene rings is 8. The van der Waals surface area contributed by atoms with E-state index in [1.165, 1.54) is 16.3 Å². The van der Waals surface area contributed by atoms with Crippen molar-refractivity contribution < 1.29 is 4.42 Å². The topological polar surface area (TPSA) is 56.7 Å². The number of rotatable bonds is 6. The summed E-state index contributed by atoms with van der Waals surface area (Å²) in [5, 5.41) is 4.44. The van der Waals surface area contributed by atoms with Gasteiger partial charge in [0.2, 0.25) is 0 Å². The number of fused-ring (bicyclic) bond motifs is 6. The Kier molecular flexibility index (Phi) is 7.42. The molecule has 0 fully saturated rings. The molecule has 0 amide bonds. The zero-order valence-corrected chi connectivity index (χ0v) is 30.2. The molecule has 56 heavy (non-hydrogen) atoms. The summed E-state index contributed by atoms with van der Waals surface area (Å²) in [4.78, 5) is 14.9. The Labute approximate surface area is 322 Å². The molecule has 0 atom stereocenters. The summed E-state index contributed by atoms with van der Waals surface area (Å²) in [7, 11) is 0. The number of furan rings is 1. The molecular formula is C51H32N4O. The average molecular weight is 717 g/mol. The first-order valence-electron chi connectivity index (χ1n) is 18.8. The Hall–Kier alpha value is -7.63. The van der Waals surface area contributed by atoms with Crippen LogP contribution in [0, 0.1) is 0 Å². The molecule has 3 aromatic heterocycles. The predicted molar refractivity (Wildman–Crippen MR) is 229 cm³/mol. The Balaban J connectivity index is 1.16. The van der Waals surface area contributed by atoms with Crippen LogP contribution >= 0.6 is 0 Å². The predicted octanol–water partition coefficient (Wildman–Crippen LogP) is 13.2. The van der Waals surface area contributed by atoms with Crippen molar-refractivity contribution in [2.75, 3.05) is 0 Å². The summed E-state index contributed by atoms with van der Waals surface area (Å²) in [5.74, 6) is 1.83. The number of hydrogen-bond donors (Lipinski definition) is 0. The largest absolute Gasteiger partial charge is 0.454 e. The summed E-state index contributed by atoms with van der Waals surface area (Å²) >= 11 is 0. The first kappa shape index (κ1) is 31.9. The van der Waals surface area contributed by atoms with E-state index in [1.54, 1.807) is 0 Å². The van der Waals surface area contributed by atoms with Crippen LogP contribution in [-0.2, 0) is 0 Å². The zero-order chi connectivity index (χ0) is 37.0. The van der Waals surface area contributed by atoms with Gasteiger partial charge in [0.1, 0.15) is 5.58 Å². The van der Waals surface area contributed by atoms with Gasteiger partial charge in [-0.15, -0.1) is 0 Å². The summed E-state index contributed by atoms with van der Waals surface area (Å²) < 4.78 is 9.39. The van der Waals surface area contributed by atoms with Gasteiger partial charge in [-0.2, -0.15) is 0 Å². The minimum Gasteiger partial charge on any atom is -0.454 e. The van der Waals surface area contributed by atoms with E-state index in [1.807, 2.05) is 60.7 Å². The number of hydrogen-bond acceptors (Lipinski definition) is 4. The molecule has 0 aliphatic carbocycles. The van der Waals surface area contributed by atoms with Crippen molar-refractivity contribution in [3.63, 3.8) is 0 Å². The van der Waals surface area contributed by atoms with Crippen molar-refractivity contribution >= 4 is 43.7 Å². The van der Waals surface area contributed by atoms with Crippen molar-refractivity contribution in [2.24, 2.45) is 0 Å². The van der Waals surface area contributed by atoms with Crippen molar-refractivity contribution in [1.29, 1.82) is 0 Å². The highest BCUT2D eigenvalue weighted by atomic mass is 16.3. The van der Waals surface area contributed by atoms with E-state index in [4.69, 9.17) is 19.4 Å². The Morgan fingerprint density at radius 1 is 0.321 bits per heavy atom. The molecule has 8 aromatic carbocycles. The fraction of sp³-hybridized carbons (Fsp3) is 0. The molecule has 3 heterocycles. The van der Waals surface area contributed by atoms with Gasteiger partial charge in [-0.3, -0.25) is 0 Å². The van der Waals surface area contributed by atoms with Crippen LogP contribution in [0.1, 0.15) is 0 Å². The fourth-order valence-electron chi connectivity index (χ4n) is 7.94. The van der Waals surface area contributed by atoms with Gasteiger partial charge in [0.15, 0.2) is 23.1 Å². The summed E-state index contributed by atoms with van der Waals surface area (Å²) in [6.07, 6.45) is 0. The first-order valence-corrected chi connectivity index (χ1v) is 18.8. The average Bonchev–Trinajstić information content (AvgIpc) is 3.82. The van der Waals surface area contributed by atoms with Crippen molar-refractivity contribution in [2.45, 2.75) is 0 Å².